The second-order valence-corrected chi connectivity index (χ2v) is 6.17. The largest absolute Gasteiger partial charge is 0.480 e. The van der Waals surface area contributed by atoms with Crippen molar-refractivity contribution in [3.8, 4) is 0 Å². The number of aliphatic carboxylic acids is 1. The first kappa shape index (κ1) is 17.8. The fourth-order valence-corrected chi connectivity index (χ4v) is 2.85. The molecule has 3 N–H and O–H groups in total. The number of carboxylic acid groups (broad SMARTS) is 1. The number of fused-ring (bicyclic) bond motifs is 1. The first-order valence-electron chi connectivity index (χ1n) is 7.99. The minimum Gasteiger partial charge on any atom is -0.480 e. The maximum absolute atomic E-state index is 12.0. The van der Waals surface area contributed by atoms with E-state index in [9.17, 15) is 14.7 Å². The molecule has 0 aliphatic heterocycles. The fraction of sp³-hybridized carbons (Fsp3) is 0.158. The van der Waals surface area contributed by atoms with Gasteiger partial charge in [0, 0.05) is 34.1 Å². The monoisotopic (exact) mass is 372 g/mol. The third-order valence-electron chi connectivity index (χ3n) is 4.01. The van der Waals surface area contributed by atoms with E-state index < -0.39 is 18.1 Å². The van der Waals surface area contributed by atoms with Gasteiger partial charge in [-0.2, -0.15) is 0 Å². The van der Waals surface area contributed by atoms with Gasteiger partial charge in [-0.15, -0.1) is 0 Å². The molecule has 6 nitrogen and oxygen atoms in total. The van der Waals surface area contributed by atoms with Crippen LogP contribution in [0.3, 0.4) is 0 Å². The highest BCUT2D eigenvalue weighted by Crippen LogP contribution is 2.19. The van der Waals surface area contributed by atoms with Gasteiger partial charge in [-0.25, -0.2) is 9.59 Å². The predicted octanol–water partition coefficient (Wildman–Crippen LogP) is 3.74. The molecule has 0 unspecified atom stereocenters. The van der Waals surface area contributed by atoms with Crippen LogP contribution in [0.4, 0.5) is 4.79 Å². The molecular weight excluding hydrogens is 356 g/mol. The fourth-order valence-electron chi connectivity index (χ4n) is 2.66. The van der Waals surface area contributed by atoms with Crippen LogP contribution in [0, 0.1) is 0 Å². The average molecular weight is 373 g/mol. The van der Waals surface area contributed by atoms with Crippen LogP contribution in [-0.2, 0) is 22.6 Å². The molecule has 1 aromatic heterocycles. The lowest BCUT2D eigenvalue weighted by Gasteiger charge is -2.14. The molecule has 0 aliphatic rings. The van der Waals surface area contributed by atoms with E-state index in [1.807, 2.05) is 24.3 Å². The molecule has 2 aromatic carbocycles. The van der Waals surface area contributed by atoms with E-state index in [2.05, 4.69) is 10.3 Å². The normalized spacial score (nSPS) is 11.9. The number of para-hydroxylation sites is 1. The molecular formula is C19H17ClN2O4. The van der Waals surface area contributed by atoms with Crippen LogP contribution in [0.5, 0.6) is 0 Å². The average Bonchev–Trinajstić information content (AvgIpc) is 3.03. The molecule has 3 rings (SSSR count). The molecule has 0 fully saturated rings. The number of amides is 1. The number of carboxylic acids is 1. The smallest absolute Gasteiger partial charge is 0.408 e. The van der Waals surface area contributed by atoms with Gasteiger partial charge in [0.15, 0.2) is 0 Å². The van der Waals surface area contributed by atoms with Gasteiger partial charge in [0.25, 0.3) is 0 Å². The Balaban J connectivity index is 1.64. The Kier molecular flexibility index (Phi) is 5.43. The van der Waals surface area contributed by atoms with Crippen molar-refractivity contribution in [2.75, 3.05) is 0 Å². The summed E-state index contributed by atoms with van der Waals surface area (Å²) in [5.41, 5.74) is 2.36. The summed E-state index contributed by atoms with van der Waals surface area (Å²) in [5, 5.41) is 13.2. The van der Waals surface area contributed by atoms with E-state index in [1.54, 1.807) is 30.5 Å². The van der Waals surface area contributed by atoms with E-state index in [0.29, 0.717) is 10.6 Å². The maximum atomic E-state index is 12.0. The van der Waals surface area contributed by atoms with Crippen LogP contribution in [0.15, 0.2) is 54.7 Å². The zero-order valence-corrected chi connectivity index (χ0v) is 14.5. The van der Waals surface area contributed by atoms with Crippen LogP contribution in [-0.4, -0.2) is 28.2 Å². The number of ether oxygens (including phenoxy) is 1. The van der Waals surface area contributed by atoms with E-state index in [4.69, 9.17) is 16.3 Å². The van der Waals surface area contributed by atoms with Gasteiger partial charge in [0.2, 0.25) is 0 Å². The number of halogens is 1. The summed E-state index contributed by atoms with van der Waals surface area (Å²) in [6, 6.07) is 13.4. The molecule has 1 amide bonds. The van der Waals surface area contributed by atoms with Crippen molar-refractivity contribution in [2.45, 2.75) is 19.1 Å². The van der Waals surface area contributed by atoms with Gasteiger partial charge in [-0.1, -0.05) is 48.0 Å². The van der Waals surface area contributed by atoms with Crippen molar-refractivity contribution in [3.63, 3.8) is 0 Å². The summed E-state index contributed by atoms with van der Waals surface area (Å²) < 4.78 is 5.09. The number of carbonyl (C=O) groups excluding carboxylic acids is 1. The highest BCUT2D eigenvalue weighted by molar-refractivity contribution is 6.31. The van der Waals surface area contributed by atoms with Crippen molar-refractivity contribution in [2.24, 2.45) is 0 Å². The Labute approximate surface area is 154 Å². The van der Waals surface area contributed by atoms with E-state index in [0.717, 1.165) is 16.5 Å². The predicted molar refractivity (Wildman–Crippen MR) is 98.2 cm³/mol. The molecule has 1 heterocycles. The summed E-state index contributed by atoms with van der Waals surface area (Å²) in [4.78, 5) is 26.6. The second kappa shape index (κ2) is 7.93. The zero-order chi connectivity index (χ0) is 18.5. The van der Waals surface area contributed by atoms with E-state index >= 15 is 0 Å². The van der Waals surface area contributed by atoms with Gasteiger partial charge in [0.05, 0.1) is 0 Å². The first-order chi connectivity index (χ1) is 12.5. The highest BCUT2D eigenvalue weighted by Gasteiger charge is 2.22. The summed E-state index contributed by atoms with van der Waals surface area (Å²) >= 11 is 6.00. The molecule has 0 bridgehead atoms. The first-order valence-corrected chi connectivity index (χ1v) is 8.37. The number of hydrogen-bond donors (Lipinski definition) is 3. The van der Waals surface area contributed by atoms with Crippen LogP contribution >= 0.6 is 11.6 Å². The molecule has 134 valence electrons. The number of hydrogen-bond acceptors (Lipinski definition) is 3. The number of aromatic amines is 1. The van der Waals surface area contributed by atoms with Crippen molar-refractivity contribution in [1.82, 2.24) is 10.3 Å². The quantitative estimate of drug-likeness (QED) is 0.614. The van der Waals surface area contributed by atoms with Crippen molar-refractivity contribution >= 4 is 34.6 Å². The molecule has 3 aromatic rings. The van der Waals surface area contributed by atoms with Crippen LogP contribution in [0.1, 0.15) is 11.1 Å². The van der Waals surface area contributed by atoms with Crippen molar-refractivity contribution in [1.29, 1.82) is 0 Å². The van der Waals surface area contributed by atoms with Gasteiger partial charge >= 0.3 is 12.1 Å². The van der Waals surface area contributed by atoms with Gasteiger partial charge in [-0.3, -0.25) is 0 Å². The molecule has 0 saturated carbocycles. The minimum atomic E-state index is -1.13. The van der Waals surface area contributed by atoms with Gasteiger partial charge in [0.1, 0.15) is 12.6 Å². The lowest BCUT2D eigenvalue weighted by atomic mass is 10.1. The third kappa shape index (κ3) is 4.15. The van der Waals surface area contributed by atoms with Crippen LogP contribution < -0.4 is 5.32 Å². The second-order valence-electron chi connectivity index (χ2n) is 5.77. The van der Waals surface area contributed by atoms with E-state index in [-0.39, 0.29) is 13.0 Å². The molecule has 26 heavy (non-hydrogen) atoms. The Morgan fingerprint density at radius 3 is 2.62 bits per heavy atom. The number of carbonyl (C=O) groups is 2. The SMILES string of the molecule is O=C(N[C@@H](Cc1c[nH]c2ccccc12)C(=O)O)OCc1ccccc1Cl. The lowest BCUT2D eigenvalue weighted by molar-refractivity contribution is -0.139. The summed E-state index contributed by atoms with van der Waals surface area (Å²) in [6.45, 7) is -0.0368. The number of H-pyrrole nitrogens is 1. The summed E-state index contributed by atoms with van der Waals surface area (Å²) in [7, 11) is 0. The Morgan fingerprint density at radius 1 is 1.12 bits per heavy atom. The third-order valence-corrected chi connectivity index (χ3v) is 4.37. The maximum Gasteiger partial charge on any atom is 0.408 e. The Hall–Kier alpha value is -2.99. The summed E-state index contributed by atoms with van der Waals surface area (Å²) in [5.74, 6) is -1.13. The van der Waals surface area contributed by atoms with Crippen LogP contribution in [0.25, 0.3) is 10.9 Å². The Bertz CT molecular complexity index is 938. The summed E-state index contributed by atoms with van der Waals surface area (Å²) in [6.07, 6.45) is 1.08. The molecule has 0 spiro atoms. The van der Waals surface area contributed by atoms with E-state index in [1.165, 1.54) is 0 Å². The molecule has 7 heteroatoms. The molecule has 1 atom stereocenters. The topological polar surface area (TPSA) is 91.4 Å². The number of benzene rings is 2. The number of rotatable bonds is 6. The zero-order valence-electron chi connectivity index (χ0n) is 13.7. The van der Waals surface area contributed by atoms with Crippen molar-refractivity contribution in [3.05, 3.63) is 70.9 Å². The number of aromatic nitrogens is 1. The van der Waals surface area contributed by atoms with Gasteiger partial charge < -0.3 is 20.1 Å². The standard InChI is InChI=1S/C19H17ClN2O4/c20-15-7-3-1-5-12(15)11-26-19(25)22-17(18(23)24)9-13-10-21-16-8-4-2-6-14(13)16/h1-8,10,17,21H,9,11H2,(H,22,25)(H,23,24)/t17-/m0/s1. The Morgan fingerprint density at radius 2 is 1.85 bits per heavy atom. The lowest BCUT2D eigenvalue weighted by Crippen LogP contribution is -2.42. The minimum absolute atomic E-state index is 0.0368. The highest BCUT2D eigenvalue weighted by atomic mass is 35.5. The molecule has 0 saturated heterocycles. The number of alkyl carbamates (subject to hydrolysis) is 1. The molecule has 0 radical (unpaired) electrons. The van der Waals surface area contributed by atoms with Crippen molar-refractivity contribution < 1.29 is 19.4 Å². The molecule has 0 aliphatic carbocycles. The number of nitrogens with one attached hydrogen (secondary N) is 2. The van der Waals surface area contributed by atoms with Crippen LogP contribution in [0.2, 0.25) is 5.02 Å². The van der Waals surface area contributed by atoms with Gasteiger partial charge in [-0.05, 0) is 17.7 Å².